The van der Waals surface area contributed by atoms with Crippen LogP contribution >= 0.6 is 23.2 Å². The van der Waals surface area contributed by atoms with Gasteiger partial charge < -0.3 is 69.6 Å². The molecule has 5 heterocycles. The third-order valence-corrected chi connectivity index (χ3v) is 20.3. The number of nitro groups is 4. The molecule has 0 saturated heterocycles. The fourth-order valence-corrected chi connectivity index (χ4v) is 14.4. The number of amidine groups is 1. The number of carbonyl (C=O) groups is 9. The molecule has 1 amide bonds. The first-order valence-electron chi connectivity index (χ1n) is 38.8. The van der Waals surface area contributed by atoms with E-state index in [1.54, 1.807) is 113 Å². The molecule has 0 spiro atoms. The van der Waals surface area contributed by atoms with Crippen molar-refractivity contribution in [1.29, 1.82) is 0 Å². The number of esters is 8. The van der Waals surface area contributed by atoms with E-state index in [1.807, 2.05) is 26.8 Å². The maximum Gasteiger partial charge on any atom is 0.337 e. The topological polar surface area (TPSA) is 499 Å². The van der Waals surface area contributed by atoms with Crippen LogP contribution in [0.4, 0.5) is 22.7 Å². The first kappa shape index (κ1) is 101. The number of amides is 1. The van der Waals surface area contributed by atoms with E-state index in [0.717, 1.165) is 5.56 Å². The lowest BCUT2D eigenvalue weighted by Gasteiger charge is -2.30. The molecular weight excluding hydrogens is 1690 g/mol. The highest BCUT2D eigenvalue weighted by atomic mass is 35.5. The number of nitro benzene ring substituents is 4. The van der Waals surface area contributed by atoms with Crippen LogP contribution in [0.2, 0.25) is 10.0 Å². The highest BCUT2D eigenvalue weighted by Crippen LogP contribution is 2.47. The second-order valence-corrected chi connectivity index (χ2v) is 29.8. The van der Waals surface area contributed by atoms with Crippen LogP contribution in [-0.2, 0) is 85.8 Å². The maximum atomic E-state index is 12.9. The van der Waals surface area contributed by atoms with Crippen LogP contribution in [0.1, 0.15) is 161 Å². The SMILES string of the molecule is CC(c1ccc(Cl)c(Cl)c1)N1N=C(N)CC1=O.CCOC(=O)C1=C(C)NC(C)=C(C(=O)OC)C1c1cccc([N+](=O)[O-])c1.COC(=O)C1=C(C)NC(C)=C(C(=O)OC)C1c1ccccc1[N+](=O)[O-].COC(=O)C1=C(C)NC(C)=C(C(=O)OCC(C)C)C1c1ccccc1[N+](=O)[O-].COCCOC(=O)C1=C(C)NC(C)=C(C(=O)OC(C)C)C1c1cccc([N+](=O)[O-])c1. The van der Waals surface area contributed by atoms with Crippen molar-refractivity contribution < 1.29 is 105 Å². The molecule has 0 aromatic heterocycles. The Morgan fingerprint density at radius 2 is 0.810 bits per heavy atom. The predicted octanol–water partition coefficient (Wildman–Crippen LogP) is 13.5. The molecule has 5 aromatic rings. The van der Waals surface area contributed by atoms with E-state index in [0.29, 0.717) is 72.6 Å². The smallest absolute Gasteiger partial charge is 0.337 e. The Hall–Kier alpha value is -13.9. The summed E-state index contributed by atoms with van der Waals surface area (Å²) in [5, 5.41) is 63.7. The number of nitrogens with one attached hydrogen (secondary N) is 4. The number of hydrogen-bond acceptors (Lipinski definition) is 32. The number of benzene rings is 5. The number of nitrogens with two attached hydrogens (primary N) is 1. The molecule has 6 N–H and O–H groups in total. The van der Waals surface area contributed by atoms with Gasteiger partial charge in [0.2, 0.25) is 0 Å². The van der Waals surface area contributed by atoms with Crippen molar-refractivity contribution in [2.45, 2.75) is 139 Å². The molecule has 0 bridgehead atoms. The van der Waals surface area contributed by atoms with Gasteiger partial charge >= 0.3 is 47.8 Å². The summed E-state index contributed by atoms with van der Waals surface area (Å²) in [6.07, 6.45) is -0.210. The lowest BCUT2D eigenvalue weighted by Crippen LogP contribution is -2.33. The van der Waals surface area contributed by atoms with Crippen molar-refractivity contribution in [2.24, 2.45) is 16.8 Å². The maximum absolute atomic E-state index is 12.9. The van der Waals surface area contributed by atoms with Gasteiger partial charge in [0.15, 0.2) is 0 Å². The molecule has 37 nitrogen and oxygen atoms in total. The highest BCUT2D eigenvalue weighted by molar-refractivity contribution is 6.42. The summed E-state index contributed by atoms with van der Waals surface area (Å²) >= 11 is 11.8. The summed E-state index contributed by atoms with van der Waals surface area (Å²) in [6, 6.07) is 28.7. The molecule has 0 fully saturated rings. The average molecular weight is 1790 g/mol. The normalized spacial score (nSPS) is 16.4. The number of hydrazone groups is 1. The Morgan fingerprint density at radius 3 is 1.14 bits per heavy atom. The van der Waals surface area contributed by atoms with Gasteiger partial charge in [-0.1, -0.05) is 104 Å². The van der Waals surface area contributed by atoms with Crippen LogP contribution < -0.4 is 27.0 Å². The number of nitrogens with zero attached hydrogens (tertiary/aromatic N) is 6. The lowest BCUT2D eigenvalue weighted by atomic mass is 9.79. The summed E-state index contributed by atoms with van der Waals surface area (Å²) in [7, 11) is 6.37. The second-order valence-electron chi connectivity index (χ2n) is 29.0. The molecule has 672 valence electrons. The van der Waals surface area contributed by atoms with Gasteiger partial charge in [0, 0.05) is 100 Å². The number of non-ortho nitro benzene ring substituents is 2. The molecule has 5 aromatic carbocycles. The van der Waals surface area contributed by atoms with E-state index >= 15 is 0 Å². The van der Waals surface area contributed by atoms with Crippen molar-refractivity contribution in [3.05, 3.63) is 284 Å². The number of dihydropyridines is 4. The van der Waals surface area contributed by atoms with Crippen LogP contribution in [0, 0.1) is 46.4 Å². The summed E-state index contributed by atoms with van der Waals surface area (Å²) in [5.41, 5.74) is 12.3. The number of allylic oxidation sites excluding steroid dienone is 8. The minimum atomic E-state index is -0.977. The van der Waals surface area contributed by atoms with E-state index in [1.165, 1.54) is 113 Å². The van der Waals surface area contributed by atoms with E-state index in [9.17, 15) is 83.6 Å². The van der Waals surface area contributed by atoms with E-state index in [-0.39, 0.29) is 135 Å². The summed E-state index contributed by atoms with van der Waals surface area (Å²) in [6.45, 7) is 24.7. The molecule has 0 saturated carbocycles. The Balaban J connectivity index is 0.000000245. The molecular formula is C87H99Cl2N11O26. The van der Waals surface area contributed by atoms with E-state index in [2.05, 4.69) is 26.4 Å². The molecule has 4 atom stereocenters. The molecule has 39 heteroatoms. The standard InChI is InChI=1S/C21H26N2O7.C20H24N2O6.C18H20N2O6.C17H18N2O6.C11H11Cl2N3O/c1-12(2)30-21(25)18-14(4)22-13(3)17(20(24)29-10-9-28-5)19(18)15-7-6-8-16(11-15)23(26)27;1-11(2)10-28-20(24)17-13(4)21-12(3)16(19(23)27-5)18(17)14-8-6-7-9-15(14)22(25)26;1-5-26-18(22)15-11(3)19-10(2)14(17(21)25-4)16(15)12-7-6-8-13(9-12)20(23)24;1-9-13(16(20)24-3)15(14(10(2)18-9)17(21)25-4)11-7-5-6-8-12(11)19(22)23;1-6(16-11(17)5-10(14)15-16)7-2-3-8(12)9(13)4-7/h6-8,11-12,19,22H,9-10H2,1-5H3;6-9,11,18,21H,10H2,1-5H3;6-9,16,19H,5H2,1-4H3;5-8,15,18H,1-4H3;2-4,6H,5H2,1H3,(H2,14,15). The third kappa shape index (κ3) is 24.7. The summed E-state index contributed by atoms with van der Waals surface area (Å²) < 4.78 is 45.5. The van der Waals surface area contributed by atoms with Crippen molar-refractivity contribution in [3.63, 3.8) is 0 Å². The zero-order chi connectivity index (χ0) is 94.2. The van der Waals surface area contributed by atoms with Crippen LogP contribution in [-0.4, -0.2) is 152 Å². The third-order valence-electron chi connectivity index (χ3n) is 19.6. The van der Waals surface area contributed by atoms with Crippen molar-refractivity contribution >= 4 is 105 Å². The number of carbonyl (C=O) groups excluding carboxylic acids is 9. The molecule has 0 aliphatic carbocycles. The van der Waals surface area contributed by atoms with Gasteiger partial charge in [0.25, 0.3) is 28.7 Å². The number of hydrogen-bond donors (Lipinski definition) is 5. The van der Waals surface area contributed by atoms with Gasteiger partial charge in [0.1, 0.15) is 12.4 Å². The van der Waals surface area contributed by atoms with Crippen molar-refractivity contribution in [3.8, 4) is 0 Å². The Morgan fingerprint density at radius 1 is 0.452 bits per heavy atom. The number of para-hydroxylation sites is 2. The van der Waals surface area contributed by atoms with E-state index < -0.39 is 91.1 Å². The molecule has 126 heavy (non-hydrogen) atoms. The minimum Gasteiger partial charge on any atom is -0.466 e. The molecule has 5 aliphatic heterocycles. The van der Waals surface area contributed by atoms with E-state index in [4.69, 9.17) is 71.6 Å². The highest BCUT2D eigenvalue weighted by Gasteiger charge is 2.45. The van der Waals surface area contributed by atoms with Crippen LogP contribution in [0.3, 0.4) is 0 Å². The summed E-state index contributed by atoms with van der Waals surface area (Å²) in [5.74, 6) is -8.45. The zero-order valence-corrected chi connectivity index (χ0v) is 74.2. The average Bonchev–Trinajstić information content (AvgIpc) is 0.916. The van der Waals surface area contributed by atoms with Gasteiger partial charge in [-0.15, -0.1) is 0 Å². The number of ether oxygens (including phenoxy) is 9. The minimum absolute atomic E-state index is 0.0300. The fraction of sp³-hybridized carbons (Fsp3) is 0.356. The Kier molecular flexibility index (Phi) is 36.8. The van der Waals surface area contributed by atoms with Crippen molar-refractivity contribution in [1.82, 2.24) is 26.3 Å². The Labute approximate surface area is 735 Å². The quantitative estimate of drug-likeness (QED) is 0.0119. The molecule has 5 aliphatic rings. The van der Waals surface area contributed by atoms with Gasteiger partial charge in [-0.3, -0.25) is 45.3 Å². The van der Waals surface area contributed by atoms with Gasteiger partial charge in [0.05, 0.1) is 165 Å². The van der Waals surface area contributed by atoms with Crippen molar-refractivity contribution in [2.75, 3.05) is 62.0 Å². The van der Waals surface area contributed by atoms with Gasteiger partial charge in [-0.05, 0) is 118 Å². The monoisotopic (exact) mass is 1780 g/mol. The molecule has 4 unspecified atom stereocenters. The van der Waals surface area contributed by atoms with Crippen LogP contribution in [0.25, 0.3) is 0 Å². The molecule has 0 radical (unpaired) electrons. The Bertz CT molecular complexity index is 5390. The first-order valence-corrected chi connectivity index (χ1v) is 39.6. The van der Waals surface area contributed by atoms with Crippen LogP contribution in [0.15, 0.2) is 211 Å². The van der Waals surface area contributed by atoms with Gasteiger partial charge in [-0.25, -0.2) is 43.4 Å². The number of rotatable bonds is 25. The van der Waals surface area contributed by atoms with Gasteiger partial charge in [-0.2, -0.15) is 5.10 Å². The lowest BCUT2D eigenvalue weighted by molar-refractivity contribution is -0.385. The predicted molar refractivity (Wildman–Crippen MR) is 460 cm³/mol. The summed E-state index contributed by atoms with van der Waals surface area (Å²) in [4.78, 5) is 156. The zero-order valence-electron chi connectivity index (χ0n) is 72.7. The number of halogens is 2. The fourth-order valence-electron chi connectivity index (χ4n) is 14.1. The second kappa shape index (κ2) is 46.0. The largest absolute Gasteiger partial charge is 0.466 e. The first-order chi connectivity index (χ1) is 59.5. The molecule has 10 rings (SSSR count). The number of methoxy groups -OCH3 is 5. The van der Waals surface area contributed by atoms with Crippen LogP contribution in [0.5, 0.6) is 0 Å².